The number of nitrogens with zero attached hydrogens (tertiary/aromatic N) is 1. The molecule has 0 saturated carbocycles. The van der Waals surface area contributed by atoms with E-state index in [9.17, 15) is 8.42 Å². The molecule has 0 spiro atoms. The van der Waals surface area contributed by atoms with Crippen molar-refractivity contribution in [3.8, 4) is 0 Å². The first-order chi connectivity index (χ1) is 5.92. The van der Waals surface area contributed by atoms with E-state index in [1.165, 1.54) is 4.31 Å². The molecule has 5 heteroatoms. The molecular formula is C8H19NO3S. The van der Waals surface area contributed by atoms with Gasteiger partial charge in [-0.15, -0.1) is 0 Å². The van der Waals surface area contributed by atoms with E-state index < -0.39 is 10.0 Å². The van der Waals surface area contributed by atoms with Crippen LogP contribution in [0.3, 0.4) is 0 Å². The summed E-state index contributed by atoms with van der Waals surface area (Å²) >= 11 is 0. The zero-order valence-electron chi connectivity index (χ0n) is 8.78. The number of hydrogen-bond acceptors (Lipinski definition) is 3. The van der Waals surface area contributed by atoms with Crippen LogP contribution in [0.1, 0.15) is 20.3 Å². The molecule has 0 aliphatic carbocycles. The van der Waals surface area contributed by atoms with E-state index in [2.05, 4.69) is 0 Å². The van der Waals surface area contributed by atoms with Crippen molar-refractivity contribution in [3.05, 3.63) is 0 Å². The standard InChI is InChI=1S/C8H19NO3S/c1-8(2)13(10,11)9(3)6-5-7-12-4/h8H,5-7H2,1-4H3. The van der Waals surface area contributed by atoms with E-state index in [0.717, 1.165) is 6.42 Å². The van der Waals surface area contributed by atoms with Gasteiger partial charge in [-0.25, -0.2) is 12.7 Å². The largest absolute Gasteiger partial charge is 0.385 e. The third-order valence-electron chi connectivity index (χ3n) is 1.85. The van der Waals surface area contributed by atoms with Crippen LogP contribution in [0.5, 0.6) is 0 Å². The average molecular weight is 209 g/mol. The Morgan fingerprint density at radius 2 is 1.92 bits per heavy atom. The van der Waals surface area contributed by atoms with Gasteiger partial charge in [-0.1, -0.05) is 0 Å². The first-order valence-corrected chi connectivity index (χ1v) is 5.87. The van der Waals surface area contributed by atoms with Crippen LogP contribution in [-0.2, 0) is 14.8 Å². The van der Waals surface area contributed by atoms with Gasteiger partial charge in [-0.05, 0) is 20.3 Å². The summed E-state index contributed by atoms with van der Waals surface area (Å²) in [6.45, 7) is 4.48. The smallest absolute Gasteiger partial charge is 0.216 e. The summed E-state index contributed by atoms with van der Waals surface area (Å²) in [6, 6.07) is 0. The van der Waals surface area contributed by atoms with Crippen molar-refractivity contribution in [2.75, 3.05) is 27.3 Å². The number of methoxy groups -OCH3 is 1. The minimum Gasteiger partial charge on any atom is -0.385 e. The minimum absolute atomic E-state index is 0.347. The molecule has 0 atom stereocenters. The first-order valence-electron chi connectivity index (χ1n) is 4.37. The van der Waals surface area contributed by atoms with Gasteiger partial charge in [-0.3, -0.25) is 0 Å². The summed E-state index contributed by atoms with van der Waals surface area (Å²) in [5, 5.41) is -0.347. The fourth-order valence-corrected chi connectivity index (χ4v) is 2.02. The first kappa shape index (κ1) is 12.9. The van der Waals surface area contributed by atoms with Crippen LogP contribution in [0, 0.1) is 0 Å². The molecule has 0 heterocycles. The Bertz CT molecular complexity index is 224. The lowest BCUT2D eigenvalue weighted by atomic mass is 10.5. The van der Waals surface area contributed by atoms with Gasteiger partial charge in [0.2, 0.25) is 10.0 Å². The van der Waals surface area contributed by atoms with Crippen molar-refractivity contribution < 1.29 is 13.2 Å². The van der Waals surface area contributed by atoms with Crippen LogP contribution < -0.4 is 0 Å². The minimum atomic E-state index is -3.08. The molecule has 80 valence electrons. The van der Waals surface area contributed by atoms with Crippen LogP contribution in [0.2, 0.25) is 0 Å². The lowest BCUT2D eigenvalue weighted by Gasteiger charge is -2.19. The molecule has 13 heavy (non-hydrogen) atoms. The highest BCUT2D eigenvalue weighted by Gasteiger charge is 2.21. The summed E-state index contributed by atoms with van der Waals surface area (Å²) in [7, 11) is 0.131. The van der Waals surface area contributed by atoms with E-state index >= 15 is 0 Å². The maximum Gasteiger partial charge on any atom is 0.216 e. The molecule has 0 aromatic rings. The lowest BCUT2D eigenvalue weighted by molar-refractivity contribution is 0.189. The Labute approximate surface area is 80.9 Å². The van der Waals surface area contributed by atoms with Gasteiger partial charge in [-0.2, -0.15) is 0 Å². The van der Waals surface area contributed by atoms with Gasteiger partial charge < -0.3 is 4.74 Å². The van der Waals surface area contributed by atoms with Gasteiger partial charge in [0.25, 0.3) is 0 Å². The van der Waals surface area contributed by atoms with E-state index in [1.54, 1.807) is 28.0 Å². The topological polar surface area (TPSA) is 46.6 Å². The van der Waals surface area contributed by atoms with Crippen molar-refractivity contribution in [1.29, 1.82) is 0 Å². The van der Waals surface area contributed by atoms with Crippen molar-refractivity contribution in [3.63, 3.8) is 0 Å². The lowest BCUT2D eigenvalue weighted by Crippen LogP contribution is -2.34. The average Bonchev–Trinajstić information content (AvgIpc) is 2.04. The fraction of sp³-hybridized carbons (Fsp3) is 1.00. The van der Waals surface area contributed by atoms with Crippen LogP contribution >= 0.6 is 0 Å². The number of hydrogen-bond donors (Lipinski definition) is 0. The van der Waals surface area contributed by atoms with Crippen LogP contribution in [0.4, 0.5) is 0 Å². The van der Waals surface area contributed by atoms with E-state index in [0.29, 0.717) is 13.2 Å². The van der Waals surface area contributed by atoms with Gasteiger partial charge in [0.1, 0.15) is 0 Å². The fourth-order valence-electron chi connectivity index (χ4n) is 0.919. The molecule has 0 aromatic carbocycles. The Balaban J connectivity index is 4.03. The van der Waals surface area contributed by atoms with Gasteiger partial charge >= 0.3 is 0 Å². The maximum absolute atomic E-state index is 11.5. The van der Waals surface area contributed by atoms with Crippen LogP contribution in [0.15, 0.2) is 0 Å². The zero-order chi connectivity index (χ0) is 10.5. The second-order valence-electron chi connectivity index (χ2n) is 3.26. The molecule has 0 aromatic heterocycles. The molecule has 0 rings (SSSR count). The molecule has 0 amide bonds. The van der Waals surface area contributed by atoms with Crippen molar-refractivity contribution in [2.45, 2.75) is 25.5 Å². The molecule has 0 aliphatic heterocycles. The molecule has 0 radical (unpaired) electrons. The van der Waals surface area contributed by atoms with Gasteiger partial charge in [0.05, 0.1) is 5.25 Å². The summed E-state index contributed by atoms with van der Waals surface area (Å²) < 4.78 is 29.2. The van der Waals surface area contributed by atoms with Gasteiger partial charge in [0, 0.05) is 27.3 Å². The Morgan fingerprint density at radius 1 is 1.38 bits per heavy atom. The van der Waals surface area contributed by atoms with Crippen LogP contribution in [0.25, 0.3) is 0 Å². The third kappa shape index (κ3) is 4.06. The highest BCUT2D eigenvalue weighted by atomic mass is 32.2. The molecule has 4 nitrogen and oxygen atoms in total. The molecular weight excluding hydrogens is 190 g/mol. The molecule has 0 fully saturated rings. The molecule has 0 bridgehead atoms. The summed E-state index contributed by atoms with van der Waals surface area (Å²) in [4.78, 5) is 0. The molecule has 0 saturated heterocycles. The highest BCUT2D eigenvalue weighted by molar-refractivity contribution is 7.89. The van der Waals surface area contributed by atoms with E-state index in [-0.39, 0.29) is 5.25 Å². The summed E-state index contributed by atoms with van der Waals surface area (Å²) in [6.07, 6.45) is 0.735. The summed E-state index contributed by atoms with van der Waals surface area (Å²) in [5.74, 6) is 0. The van der Waals surface area contributed by atoms with E-state index in [4.69, 9.17) is 4.74 Å². The second kappa shape index (κ2) is 5.57. The predicted molar refractivity (Wildman–Crippen MR) is 53.2 cm³/mol. The van der Waals surface area contributed by atoms with Crippen LogP contribution in [-0.4, -0.2) is 45.3 Å². The van der Waals surface area contributed by atoms with Crippen molar-refractivity contribution in [2.24, 2.45) is 0 Å². The quantitative estimate of drug-likeness (QED) is 0.605. The zero-order valence-corrected chi connectivity index (χ0v) is 9.60. The number of sulfonamides is 1. The summed E-state index contributed by atoms with van der Waals surface area (Å²) in [5.41, 5.74) is 0. The van der Waals surface area contributed by atoms with Gasteiger partial charge in [0.15, 0.2) is 0 Å². The second-order valence-corrected chi connectivity index (χ2v) is 5.86. The molecule has 0 aliphatic rings. The van der Waals surface area contributed by atoms with Crippen molar-refractivity contribution >= 4 is 10.0 Å². The normalized spacial score (nSPS) is 12.8. The maximum atomic E-state index is 11.5. The number of rotatable bonds is 6. The molecule has 0 unspecified atom stereocenters. The van der Waals surface area contributed by atoms with E-state index in [1.807, 2.05) is 0 Å². The highest BCUT2D eigenvalue weighted by Crippen LogP contribution is 2.06. The third-order valence-corrected chi connectivity index (χ3v) is 4.09. The Hall–Kier alpha value is -0.130. The Kier molecular flexibility index (Phi) is 5.51. The Morgan fingerprint density at radius 3 is 2.31 bits per heavy atom. The SMILES string of the molecule is COCCCN(C)S(=O)(=O)C(C)C. The van der Waals surface area contributed by atoms with Crippen molar-refractivity contribution in [1.82, 2.24) is 4.31 Å². The molecule has 0 N–H and O–H groups in total. The monoisotopic (exact) mass is 209 g/mol. The number of ether oxygens (including phenoxy) is 1. The predicted octanol–water partition coefficient (Wildman–Crippen LogP) is 0.693.